The Kier molecular flexibility index (Phi) is 15.1. The van der Waals surface area contributed by atoms with Crippen LogP contribution in [0.4, 0.5) is 0 Å². The summed E-state index contributed by atoms with van der Waals surface area (Å²) in [5, 5.41) is 1.12. The van der Waals surface area contributed by atoms with Gasteiger partial charge in [-0.2, -0.15) is 0 Å². The molecule has 2 rings (SSSR count). The fourth-order valence-corrected chi connectivity index (χ4v) is 5.82. The molecule has 0 aliphatic carbocycles. The molecule has 0 heterocycles. The van der Waals surface area contributed by atoms with Gasteiger partial charge in [0.1, 0.15) is 31.2 Å². The maximum absolute atomic E-state index is 5.95. The third-order valence-corrected chi connectivity index (χ3v) is 7.84. The number of nitrogens with zero attached hydrogens (tertiary/aromatic N) is 1. The smallest absolute Gasteiger partial charge is 0.119 e. The lowest BCUT2D eigenvalue weighted by molar-refractivity contribution is -0.904. The van der Waals surface area contributed by atoms with Gasteiger partial charge in [-0.15, -0.1) is 0 Å². The van der Waals surface area contributed by atoms with Crippen LogP contribution < -0.4 is 9.47 Å². The number of hydrogen-bond donors (Lipinski definition) is 0. The second-order valence-electron chi connectivity index (χ2n) is 13.7. The van der Waals surface area contributed by atoms with Gasteiger partial charge in [-0.1, -0.05) is 88.4 Å². The molecule has 0 saturated heterocycles. The predicted molar refractivity (Wildman–Crippen MR) is 174 cm³/mol. The Bertz CT molecular complexity index is 933. The molecule has 2 aromatic rings. The Hall–Kier alpha value is -1.56. The van der Waals surface area contributed by atoms with Crippen LogP contribution in [-0.2, 0) is 16.7 Å². The topological polar surface area (TPSA) is 27.7 Å². The average molecular weight is 620 g/mol. The van der Waals surface area contributed by atoms with Crippen LogP contribution in [0.5, 0.6) is 11.5 Å². The molecule has 0 aliphatic rings. The number of quaternary nitrogens is 1. The van der Waals surface area contributed by atoms with Gasteiger partial charge in [-0.05, 0) is 72.1 Å². The quantitative estimate of drug-likeness (QED) is 0.0840. The summed E-state index contributed by atoms with van der Waals surface area (Å²) in [7, 11) is 4.51. The zero-order chi connectivity index (χ0) is 29.5. The molecule has 5 heteroatoms. The zero-order valence-electron chi connectivity index (χ0n) is 26.6. The fourth-order valence-electron chi connectivity index (χ4n) is 5.42. The Morgan fingerprint density at radius 1 is 0.650 bits per heavy atom. The highest BCUT2D eigenvalue weighted by Gasteiger charge is 2.27. The first kappa shape index (κ1) is 34.6. The minimum Gasteiger partial charge on any atom is -0.494 e. The van der Waals surface area contributed by atoms with Gasteiger partial charge in [-0.25, -0.2) is 0 Å². The molecule has 0 radical (unpaired) electrons. The van der Waals surface area contributed by atoms with Crippen LogP contribution in [0.3, 0.4) is 0 Å². The number of hydrogen-bond acceptors (Lipinski definition) is 3. The van der Waals surface area contributed by atoms with Crippen LogP contribution in [-0.4, -0.2) is 56.9 Å². The number of halogens is 1. The van der Waals surface area contributed by atoms with Crippen LogP contribution >= 0.6 is 15.9 Å². The van der Waals surface area contributed by atoms with E-state index in [4.69, 9.17) is 14.2 Å². The Labute approximate surface area is 254 Å². The second kappa shape index (κ2) is 17.4. The van der Waals surface area contributed by atoms with E-state index >= 15 is 0 Å². The van der Waals surface area contributed by atoms with E-state index < -0.39 is 0 Å². The molecule has 0 spiro atoms. The van der Waals surface area contributed by atoms with Gasteiger partial charge in [0.05, 0.1) is 33.9 Å². The van der Waals surface area contributed by atoms with Crippen molar-refractivity contribution in [1.29, 1.82) is 0 Å². The molecule has 0 aliphatic heterocycles. The molecule has 2 aromatic carbocycles. The van der Waals surface area contributed by atoms with Gasteiger partial charge in [0.2, 0.25) is 0 Å². The normalized spacial score (nSPS) is 12.5. The Morgan fingerprint density at radius 3 is 1.80 bits per heavy atom. The van der Waals surface area contributed by atoms with E-state index in [1.54, 1.807) is 0 Å². The number of likely N-dealkylation sites (N-methyl/N-ethyl adjacent to an activating group) is 1. The van der Waals surface area contributed by atoms with Crippen molar-refractivity contribution in [2.45, 2.75) is 91.5 Å². The molecule has 0 amide bonds. The molecule has 0 bridgehead atoms. The number of rotatable bonds is 20. The highest BCUT2D eigenvalue weighted by Crippen LogP contribution is 2.36. The van der Waals surface area contributed by atoms with Crippen molar-refractivity contribution in [2.24, 2.45) is 5.41 Å². The minimum absolute atomic E-state index is 0.146. The summed E-state index contributed by atoms with van der Waals surface area (Å²) in [6, 6.07) is 17.2. The van der Waals surface area contributed by atoms with Crippen LogP contribution in [0.1, 0.15) is 90.7 Å². The van der Waals surface area contributed by atoms with Crippen molar-refractivity contribution in [3.8, 4) is 11.5 Å². The van der Waals surface area contributed by atoms with Gasteiger partial charge in [0, 0.05) is 10.9 Å². The first-order chi connectivity index (χ1) is 18.9. The maximum atomic E-state index is 5.95. The van der Waals surface area contributed by atoms with Crippen molar-refractivity contribution in [1.82, 2.24) is 0 Å². The van der Waals surface area contributed by atoms with Crippen LogP contribution in [0.15, 0.2) is 48.5 Å². The lowest BCUT2D eigenvalue weighted by atomic mass is 9.72. The highest BCUT2D eigenvalue weighted by molar-refractivity contribution is 9.09. The number of ether oxygens (including phenoxy) is 3. The second-order valence-corrected chi connectivity index (χ2v) is 14.5. The Morgan fingerprint density at radius 2 is 1.20 bits per heavy atom. The van der Waals surface area contributed by atoms with Crippen molar-refractivity contribution in [3.63, 3.8) is 0 Å². The summed E-state index contributed by atoms with van der Waals surface area (Å²) in [6.45, 7) is 16.2. The van der Waals surface area contributed by atoms with Gasteiger partial charge in [0.25, 0.3) is 0 Å². The van der Waals surface area contributed by atoms with Crippen molar-refractivity contribution < 1.29 is 18.7 Å². The summed E-state index contributed by atoms with van der Waals surface area (Å²) in [5.74, 6) is 1.88. The molecule has 0 aromatic heterocycles. The van der Waals surface area contributed by atoms with Crippen LogP contribution in [0, 0.1) is 5.41 Å². The third kappa shape index (κ3) is 14.9. The molecular weight excluding hydrogens is 562 g/mol. The monoisotopic (exact) mass is 618 g/mol. The van der Waals surface area contributed by atoms with E-state index in [-0.39, 0.29) is 5.41 Å². The molecule has 0 atom stereocenters. The van der Waals surface area contributed by atoms with E-state index in [2.05, 4.69) is 113 Å². The van der Waals surface area contributed by atoms with E-state index in [1.165, 1.54) is 43.2 Å². The summed E-state index contributed by atoms with van der Waals surface area (Å²) in [4.78, 5) is 0. The molecular formula is C35H57BrNO3+. The van der Waals surface area contributed by atoms with Crippen molar-refractivity contribution in [3.05, 3.63) is 59.7 Å². The standard InChI is InChI=1S/C35H57BrNO3/c1-34(2,3)29-35(4,5)31-16-20-33(21-17-31)40-27-26-38-25-23-37(6,7)28-30-14-18-32(19-15-30)39-24-13-11-9-8-10-12-22-36/h14-21H,8-13,22-29H2,1-7H3/q+1. The highest BCUT2D eigenvalue weighted by atomic mass is 79.9. The van der Waals surface area contributed by atoms with Crippen LogP contribution in [0.25, 0.3) is 0 Å². The van der Waals surface area contributed by atoms with E-state index in [1.807, 2.05) is 0 Å². The van der Waals surface area contributed by atoms with Gasteiger partial charge in [-0.3, -0.25) is 0 Å². The van der Waals surface area contributed by atoms with Crippen molar-refractivity contribution in [2.75, 3.05) is 52.4 Å². The van der Waals surface area contributed by atoms with Crippen molar-refractivity contribution >= 4 is 15.9 Å². The lowest BCUT2D eigenvalue weighted by Crippen LogP contribution is -2.41. The number of benzene rings is 2. The third-order valence-electron chi connectivity index (χ3n) is 7.28. The lowest BCUT2D eigenvalue weighted by Gasteiger charge is -2.33. The minimum atomic E-state index is 0.146. The van der Waals surface area contributed by atoms with Gasteiger partial charge in [0.15, 0.2) is 0 Å². The summed E-state index contributed by atoms with van der Waals surface area (Å²) in [6.07, 6.45) is 8.78. The maximum Gasteiger partial charge on any atom is 0.119 e. The fraction of sp³-hybridized carbons (Fsp3) is 0.657. The van der Waals surface area contributed by atoms with Gasteiger partial charge >= 0.3 is 0 Å². The first-order valence-electron chi connectivity index (χ1n) is 15.3. The molecule has 4 nitrogen and oxygen atoms in total. The summed E-state index contributed by atoms with van der Waals surface area (Å²) >= 11 is 3.50. The molecule has 0 N–H and O–H groups in total. The molecule has 0 unspecified atom stereocenters. The number of unbranched alkanes of at least 4 members (excludes halogenated alkanes) is 5. The molecule has 40 heavy (non-hydrogen) atoms. The van der Waals surface area contributed by atoms with E-state index in [0.717, 1.165) is 53.9 Å². The first-order valence-corrected chi connectivity index (χ1v) is 16.4. The van der Waals surface area contributed by atoms with E-state index in [0.29, 0.717) is 25.2 Å². The molecule has 0 fully saturated rings. The summed E-state index contributed by atoms with van der Waals surface area (Å²) < 4.78 is 18.7. The Balaban J connectivity index is 1.60. The SMILES string of the molecule is CC(C)(C)CC(C)(C)c1ccc(OCCOCC[N+](C)(C)Cc2ccc(OCCCCCCCCBr)cc2)cc1. The zero-order valence-corrected chi connectivity index (χ0v) is 28.2. The average Bonchev–Trinajstić information content (AvgIpc) is 2.87. The van der Waals surface area contributed by atoms with Gasteiger partial charge < -0.3 is 18.7 Å². The van der Waals surface area contributed by atoms with E-state index in [9.17, 15) is 0 Å². The summed E-state index contributed by atoms with van der Waals surface area (Å²) in [5.41, 5.74) is 3.12. The molecule has 0 saturated carbocycles. The number of alkyl halides is 1. The predicted octanol–water partition coefficient (Wildman–Crippen LogP) is 9.19. The molecule has 226 valence electrons. The van der Waals surface area contributed by atoms with Crippen LogP contribution in [0.2, 0.25) is 0 Å². The largest absolute Gasteiger partial charge is 0.494 e.